The molecule has 0 saturated carbocycles. The van der Waals surface area contributed by atoms with E-state index in [1.54, 1.807) is 6.07 Å². The van der Waals surface area contributed by atoms with Gasteiger partial charge in [-0.2, -0.15) is 0 Å². The molecule has 0 aliphatic heterocycles. The van der Waals surface area contributed by atoms with Gasteiger partial charge in [0.05, 0.1) is 15.9 Å². The van der Waals surface area contributed by atoms with E-state index in [1.165, 1.54) is 17.7 Å². The molecule has 7 nitrogen and oxygen atoms in total. The first-order valence-electron chi connectivity index (χ1n) is 11.9. The van der Waals surface area contributed by atoms with Crippen molar-refractivity contribution in [1.82, 2.24) is 0 Å². The highest BCUT2D eigenvalue weighted by Gasteiger charge is 2.33. The van der Waals surface area contributed by atoms with Crippen molar-refractivity contribution in [3.05, 3.63) is 84.0 Å². The number of nitro groups is 2. The Kier molecular flexibility index (Phi) is 7.75. The molecule has 1 aliphatic carbocycles. The molecule has 2 aromatic rings. The van der Waals surface area contributed by atoms with Crippen molar-refractivity contribution in [1.29, 1.82) is 0 Å². The fraction of sp³-hybridized carbons (Fsp3) is 0.481. The van der Waals surface area contributed by atoms with Crippen molar-refractivity contribution in [2.45, 2.75) is 78.6 Å². The van der Waals surface area contributed by atoms with Gasteiger partial charge in [0.2, 0.25) is 0 Å². The normalized spacial score (nSPS) is 18.1. The highest BCUT2D eigenvalue weighted by molar-refractivity contribution is 5.56. The lowest BCUT2D eigenvalue weighted by molar-refractivity contribution is -0.394. The first kappa shape index (κ1) is 25.4. The van der Waals surface area contributed by atoms with Gasteiger partial charge in [0.1, 0.15) is 5.75 Å². The van der Waals surface area contributed by atoms with Gasteiger partial charge in [-0.05, 0) is 98.9 Å². The lowest BCUT2D eigenvalue weighted by Crippen LogP contribution is -2.21. The lowest BCUT2D eigenvalue weighted by atomic mass is 9.68. The molecule has 3 rings (SSSR count). The standard InChI is InChI=1S/C27H34N2O5/c1-16(2)7-6-8-17(3)23-10-9-18(4)26-25(30)11-19(5)24(27(23)26)14-20-12-21(28(31)32)15-22(13-20)29(33)34/h7,11-13,15,17-18,23,30H,6,8-10,14H2,1-5H3/t17-,18+,23-/m0/s1. The summed E-state index contributed by atoms with van der Waals surface area (Å²) in [5.41, 5.74) is 5.29. The quantitative estimate of drug-likeness (QED) is 0.247. The summed E-state index contributed by atoms with van der Waals surface area (Å²) in [7, 11) is 0. The van der Waals surface area contributed by atoms with E-state index in [1.807, 2.05) is 6.92 Å². The zero-order chi connectivity index (χ0) is 25.2. The Labute approximate surface area is 200 Å². The number of rotatable bonds is 8. The molecule has 0 heterocycles. The van der Waals surface area contributed by atoms with E-state index in [0.29, 0.717) is 23.7 Å². The predicted octanol–water partition coefficient (Wildman–Crippen LogP) is 7.47. The Morgan fingerprint density at radius 1 is 1.09 bits per heavy atom. The summed E-state index contributed by atoms with van der Waals surface area (Å²) in [5.74, 6) is 1.15. The third-order valence-electron chi connectivity index (χ3n) is 7.12. The molecule has 0 saturated heterocycles. The van der Waals surface area contributed by atoms with Crippen LogP contribution in [0.2, 0.25) is 0 Å². The van der Waals surface area contributed by atoms with Crippen LogP contribution in [0.5, 0.6) is 5.75 Å². The first-order valence-corrected chi connectivity index (χ1v) is 11.9. The van der Waals surface area contributed by atoms with E-state index >= 15 is 0 Å². The molecule has 0 amide bonds. The van der Waals surface area contributed by atoms with Gasteiger partial charge in [0.15, 0.2) is 0 Å². The molecule has 0 radical (unpaired) electrons. The molecule has 2 aromatic carbocycles. The van der Waals surface area contributed by atoms with Gasteiger partial charge in [-0.1, -0.05) is 25.5 Å². The molecule has 0 spiro atoms. The Balaban J connectivity index is 2.11. The third kappa shape index (κ3) is 5.46. The summed E-state index contributed by atoms with van der Waals surface area (Å²) in [6, 6.07) is 5.61. The van der Waals surface area contributed by atoms with E-state index in [0.717, 1.165) is 54.0 Å². The monoisotopic (exact) mass is 466 g/mol. The number of non-ortho nitro benzene ring substituents is 2. The zero-order valence-corrected chi connectivity index (χ0v) is 20.6. The van der Waals surface area contributed by atoms with E-state index < -0.39 is 9.85 Å². The molecule has 0 unspecified atom stereocenters. The fourth-order valence-corrected chi connectivity index (χ4v) is 5.36. The van der Waals surface area contributed by atoms with Gasteiger partial charge in [-0.3, -0.25) is 20.2 Å². The van der Waals surface area contributed by atoms with Crippen LogP contribution < -0.4 is 0 Å². The van der Waals surface area contributed by atoms with Crippen molar-refractivity contribution < 1.29 is 15.0 Å². The fourth-order valence-electron chi connectivity index (χ4n) is 5.36. The summed E-state index contributed by atoms with van der Waals surface area (Å²) >= 11 is 0. The van der Waals surface area contributed by atoms with Crippen LogP contribution in [0.25, 0.3) is 0 Å². The maximum atomic E-state index is 11.4. The van der Waals surface area contributed by atoms with Gasteiger partial charge in [0.25, 0.3) is 11.4 Å². The zero-order valence-electron chi connectivity index (χ0n) is 20.6. The number of hydrogen-bond acceptors (Lipinski definition) is 5. The second-order valence-electron chi connectivity index (χ2n) is 9.99. The topological polar surface area (TPSA) is 107 Å². The third-order valence-corrected chi connectivity index (χ3v) is 7.12. The van der Waals surface area contributed by atoms with Crippen molar-refractivity contribution in [3.8, 4) is 5.75 Å². The van der Waals surface area contributed by atoms with Crippen LogP contribution in [0.15, 0.2) is 35.9 Å². The largest absolute Gasteiger partial charge is 0.508 e. The molecule has 3 atom stereocenters. The summed E-state index contributed by atoms with van der Waals surface area (Å²) in [6.07, 6.45) is 6.62. The number of benzene rings is 2. The molecular weight excluding hydrogens is 432 g/mol. The summed E-state index contributed by atoms with van der Waals surface area (Å²) in [4.78, 5) is 21.6. The van der Waals surface area contributed by atoms with Crippen LogP contribution in [-0.4, -0.2) is 15.0 Å². The van der Waals surface area contributed by atoms with Crippen molar-refractivity contribution >= 4 is 11.4 Å². The Morgan fingerprint density at radius 2 is 1.71 bits per heavy atom. The Morgan fingerprint density at radius 3 is 2.26 bits per heavy atom. The number of phenols is 1. The van der Waals surface area contributed by atoms with Crippen molar-refractivity contribution in [3.63, 3.8) is 0 Å². The van der Waals surface area contributed by atoms with Gasteiger partial charge < -0.3 is 5.11 Å². The molecule has 0 aromatic heterocycles. The maximum Gasteiger partial charge on any atom is 0.276 e. The smallest absolute Gasteiger partial charge is 0.276 e. The molecular formula is C27H34N2O5. The molecule has 7 heteroatoms. The first-order chi connectivity index (χ1) is 16.0. The summed E-state index contributed by atoms with van der Waals surface area (Å²) < 4.78 is 0. The lowest BCUT2D eigenvalue weighted by Gasteiger charge is -2.36. The molecule has 1 N–H and O–H groups in total. The van der Waals surface area contributed by atoms with Crippen LogP contribution in [0.1, 0.15) is 93.0 Å². The number of phenolic OH excluding ortho intramolecular Hbond substituents is 1. The minimum absolute atomic E-state index is 0.204. The number of aromatic hydroxyl groups is 1. The Hall–Kier alpha value is -3.22. The van der Waals surface area contributed by atoms with Crippen LogP contribution in [0, 0.1) is 33.1 Å². The van der Waals surface area contributed by atoms with Crippen LogP contribution >= 0.6 is 0 Å². The Bertz CT molecular complexity index is 1100. The van der Waals surface area contributed by atoms with Crippen molar-refractivity contribution in [2.24, 2.45) is 5.92 Å². The number of fused-ring (bicyclic) bond motifs is 1. The highest BCUT2D eigenvalue weighted by Crippen LogP contribution is 2.49. The second kappa shape index (κ2) is 10.4. The molecule has 182 valence electrons. The van der Waals surface area contributed by atoms with Gasteiger partial charge in [-0.15, -0.1) is 0 Å². The average molecular weight is 467 g/mol. The minimum Gasteiger partial charge on any atom is -0.508 e. The molecule has 0 bridgehead atoms. The van der Waals surface area contributed by atoms with E-state index in [2.05, 4.69) is 33.8 Å². The van der Waals surface area contributed by atoms with E-state index in [9.17, 15) is 25.3 Å². The minimum atomic E-state index is -0.591. The number of aryl methyl sites for hydroxylation is 1. The molecule has 0 fully saturated rings. The van der Waals surface area contributed by atoms with Gasteiger partial charge in [-0.25, -0.2) is 0 Å². The highest BCUT2D eigenvalue weighted by atomic mass is 16.6. The van der Waals surface area contributed by atoms with Gasteiger partial charge in [0, 0.05) is 17.7 Å². The SMILES string of the molecule is CC(C)=CCC[C@H](C)[C@@H]1CC[C@@H](C)c2c(O)cc(C)c(Cc3cc([N+](=O)[O-])cc([N+](=O)[O-])c3)c21. The number of allylic oxidation sites excluding steroid dienone is 2. The predicted molar refractivity (Wildman–Crippen MR) is 134 cm³/mol. The average Bonchev–Trinajstić information content (AvgIpc) is 2.75. The van der Waals surface area contributed by atoms with Crippen LogP contribution in [0.3, 0.4) is 0 Å². The second-order valence-corrected chi connectivity index (χ2v) is 9.99. The van der Waals surface area contributed by atoms with E-state index in [-0.39, 0.29) is 23.2 Å². The number of nitro benzene ring substituents is 2. The van der Waals surface area contributed by atoms with Gasteiger partial charge >= 0.3 is 0 Å². The van der Waals surface area contributed by atoms with Crippen LogP contribution in [-0.2, 0) is 6.42 Å². The number of hydrogen-bond donors (Lipinski definition) is 1. The van der Waals surface area contributed by atoms with E-state index in [4.69, 9.17) is 0 Å². The van der Waals surface area contributed by atoms with Crippen molar-refractivity contribution in [2.75, 3.05) is 0 Å². The summed E-state index contributed by atoms with van der Waals surface area (Å²) in [6.45, 7) is 10.5. The summed E-state index contributed by atoms with van der Waals surface area (Å²) in [5, 5.41) is 33.7. The number of nitrogens with zero attached hydrogens (tertiary/aromatic N) is 2. The molecule has 1 aliphatic rings. The maximum absolute atomic E-state index is 11.4. The molecule has 34 heavy (non-hydrogen) atoms. The van der Waals surface area contributed by atoms with Crippen LogP contribution in [0.4, 0.5) is 11.4 Å².